The monoisotopic (exact) mass is 987 g/mol. The predicted octanol–water partition coefficient (Wildman–Crippen LogP) is 18.6. The van der Waals surface area contributed by atoms with E-state index in [0.717, 1.165) is 30.4 Å². The highest BCUT2D eigenvalue weighted by molar-refractivity contribution is 6.93. The Kier molecular flexibility index (Phi) is 10.1. The van der Waals surface area contributed by atoms with Gasteiger partial charge in [-0.25, -0.2) is 0 Å². The molecule has 7 aromatic carbocycles. The summed E-state index contributed by atoms with van der Waals surface area (Å²) in [5.74, 6) is 0. The smallest absolute Gasteiger partial charge is 0.333 e. The van der Waals surface area contributed by atoms with Crippen LogP contribution in [0.15, 0.2) is 120 Å². The quantitative estimate of drug-likeness (QED) is 0.165. The van der Waals surface area contributed by atoms with Gasteiger partial charge in [-0.1, -0.05) is 171 Å². The number of hydrogen-bond donors (Lipinski definition) is 0. The van der Waals surface area contributed by atoms with Crippen molar-refractivity contribution >= 4 is 68.1 Å². The standard InChI is InChI=1S/C71H79BN2O/c1-42-34-52-55(70(13,14)32-30-67(52,7)8)40-58(42)73-59-35-44(43-20-18-17-19-21-43)22-27-57(59)72-62-50(36-45(37-60(62)73)65(2,3)4)47-24-25-48-49-39-54-56(71(15,16)33-31-69(54,11)12)41-61(49)75-64(48)63(47)74(72)46-23-26-51-53(38-46)68(9,10)29-28-66(51,5)6/h17-27,34-41H,28-33H2,1-16H3. The van der Waals surface area contributed by atoms with Gasteiger partial charge >= 0.3 is 6.85 Å². The summed E-state index contributed by atoms with van der Waals surface area (Å²) in [5.41, 5.74) is 27.5. The van der Waals surface area contributed by atoms with Crippen molar-refractivity contribution in [1.82, 2.24) is 0 Å². The van der Waals surface area contributed by atoms with Crippen LogP contribution in [0.4, 0.5) is 28.4 Å². The molecule has 0 saturated carbocycles. The van der Waals surface area contributed by atoms with Crippen molar-refractivity contribution in [3.8, 4) is 22.3 Å². The molecule has 0 radical (unpaired) electrons. The highest BCUT2D eigenvalue weighted by atomic mass is 16.3. The van der Waals surface area contributed by atoms with Crippen LogP contribution in [-0.4, -0.2) is 6.85 Å². The number of fused-ring (bicyclic) bond motifs is 11. The van der Waals surface area contributed by atoms with E-state index in [-0.39, 0.29) is 44.8 Å². The molecule has 4 heteroatoms. The molecule has 0 saturated heterocycles. The highest BCUT2D eigenvalue weighted by Crippen LogP contribution is 2.57. The molecule has 75 heavy (non-hydrogen) atoms. The van der Waals surface area contributed by atoms with Crippen molar-refractivity contribution in [2.24, 2.45) is 0 Å². The van der Waals surface area contributed by atoms with E-state index < -0.39 is 0 Å². The number of furan rings is 1. The maximum atomic E-state index is 7.58. The first-order chi connectivity index (χ1) is 35.2. The summed E-state index contributed by atoms with van der Waals surface area (Å²) in [5, 5.41) is 2.41. The molecule has 3 nitrogen and oxygen atoms in total. The van der Waals surface area contributed by atoms with Crippen LogP contribution in [0.1, 0.15) is 187 Å². The van der Waals surface area contributed by atoms with Crippen molar-refractivity contribution in [1.29, 1.82) is 0 Å². The molecular weight excluding hydrogens is 908 g/mol. The Bertz CT molecular complexity index is 3740. The zero-order chi connectivity index (χ0) is 52.9. The predicted molar refractivity (Wildman–Crippen MR) is 322 cm³/mol. The van der Waals surface area contributed by atoms with Crippen LogP contribution in [0.5, 0.6) is 0 Å². The lowest BCUT2D eigenvalue weighted by atomic mass is 9.43. The van der Waals surface area contributed by atoms with Gasteiger partial charge in [0.25, 0.3) is 0 Å². The second-order valence-electron chi connectivity index (χ2n) is 29.0. The van der Waals surface area contributed by atoms with Crippen molar-refractivity contribution in [3.05, 3.63) is 160 Å². The molecule has 0 spiro atoms. The lowest BCUT2D eigenvalue weighted by molar-refractivity contribution is 0.332. The van der Waals surface area contributed by atoms with E-state index in [1.165, 1.54) is 136 Å². The Morgan fingerprint density at radius 3 is 1.67 bits per heavy atom. The number of benzene rings is 7. The van der Waals surface area contributed by atoms with Crippen LogP contribution in [-0.2, 0) is 37.9 Å². The molecule has 0 amide bonds. The fraction of sp³-hybridized carbons (Fsp3) is 0.408. The fourth-order valence-corrected chi connectivity index (χ4v) is 14.8. The minimum atomic E-state index is -0.163. The van der Waals surface area contributed by atoms with E-state index in [1.54, 1.807) is 0 Å². The van der Waals surface area contributed by atoms with Crippen molar-refractivity contribution < 1.29 is 4.42 Å². The first kappa shape index (κ1) is 48.6. The molecule has 3 aliphatic carbocycles. The van der Waals surface area contributed by atoms with Gasteiger partial charge in [0, 0.05) is 39.1 Å². The normalized spacial score (nSPS) is 20.0. The third kappa shape index (κ3) is 7.12. The zero-order valence-electron chi connectivity index (χ0n) is 48.1. The van der Waals surface area contributed by atoms with Crippen molar-refractivity contribution in [3.63, 3.8) is 0 Å². The molecule has 0 bridgehead atoms. The summed E-state index contributed by atoms with van der Waals surface area (Å²) in [7, 11) is 0. The first-order valence-corrected chi connectivity index (χ1v) is 28.5. The van der Waals surface area contributed by atoms with Gasteiger partial charge in [0.05, 0.1) is 5.69 Å². The second-order valence-corrected chi connectivity index (χ2v) is 29.0. The average molecular weight is 987 g/mol. The van der Waals surface area contributed by atoms with Crippen LogP contribution < -0.4 is 20.6 Å². The Labute approximate surface area is 449 Å². The molecule has 0 unspecified atom stereocenters. The Balaban J connectivity index is 1.18. The lowest BCUT2D eigenvalue weighted by Crippen LogP contribution is -2.61. The van der Waals surface area contributed by atoms with E-state index in [4.69, 9.17) is 4.42 Å². The molecule has 0 atom stereocenters. The van der Waals surface area contributed by atoms with E-state index in [1.807, 2.05) is 0 Å². The molecular formula is C71H79BN2O. The maximum Gasteiger partial charge on any atom is 0.333 e. The molecule has 3 heterocycles. The van der Waals surface area contributed by atoms with E-state index in [2.05, 4.69) is 236 Å². The number of hydrogen-bond acceptors (Lipinski definition) is 3. The molecule has 5 aliphatic rings. The van der Waals surface area contributed by atoms with Gasteiger partial charge in [0.1, 0.15) is 5.58 Å². The lowest BCUT2D eigenvalue weighted by Gasteiger charge is -2.48. The number of anilines is 5. The molecule has 382 valence electrons. The molecule has 8 aromatic rings. The van der Waals surface area contributed by atoms with Gasteiger partial charge in [0.15, 0.2) is 5.58 Å². The van der Waals surface area contributed by atoms with Crippen LogP contribution in [0, 0.1) is 6.92 Å². The van der Waals surface area contributed by atoms with E-state index in [0.29, 0.717) is 0 Å². The Morgan fingerprint density at radius 1 is 0.467 bits per heavy atom. The average Bonchev–Trinajstić information content (AvgIpc) is 3.73. The largest absolute Gasteiger partial charge is 0.454 e. The molecule has 1 aromatic heterocycles. The number of nitrogens with zero attached hydrogens (tertiary/aromatic N) is 2. The van der Waals surface area contributed by atoms with Gasteiger partial charge in [-0.05, 0) is 204 Å². The maximum absolute atomic E-state index is 7.58. The molecule has 0 fully saturated rings. The van der Waals surface area contributed by atoms with Gasteiger partial charge in [-0.3, -0.25) is 0 Å². The van der Waals surface area contributed by atoms with E-state index in [9.17, 15) is 0 Å². The molecule has 13 rings (SSSR count). The molecule has 0 N–H and O–H groups in total. The third-order valence-corrected chi connectivity index (χ3v) is 20.1. The summed E-state index contributed by atoms with van der Waals surface area (Å²) in [6, 6.07) is 46.1. The van der Waals surface area contributed by atoms with Crippen LogP contribution in [0.2, 0.25) is 0 Å². The van der Waals surface area contributed by atoms with Gasteiger partial charge in [-0.15, -0.1) is 0 Å². The fourth-order valence-electron chi connectivity index (χ4n) is 14.8. The topological polar surface area (TPSA) is 19.6 Å². The van der Waals surface area contributed by atoms with Crippen LogP contribution in [0.3, 0.4) is 0 Å². The summed E-state index contributed by atoms with van der Waals surface area (Å²) >= 11 is 0. The van der Waals surface area contributed by atoms with Gasteiger partial charge < -0.3 is 14.1 Å². The summed E-state index contributed by atoms with van der Waals surface area (Å²) in [6.45, 7) is 38.8. The Hall–Kier alpha value is -6.00. The van der Waals surface area contributed by atoms with Gasteiger partial charge in [0.2, 0.25) is 0 Å². The molecule has 2 aliphatic heterocycles. The number of aryl methyl sites for hydroxylation is 1. The second kappa shape index (κ2) is 15.6. The Morgan fingerprint density at radius 2 is 1.04 bits per heavy atom. The summed E-state index contributed by atoms with van der Waals surface area (Å²) in [6.07, 6.45) is 7.01. The third-order valence-electron chi connectivity index (χ3n) is 20.1. The SMILES string of the molecule is Cc1cc2c(cc1N1c3cc(-c4ccccc4)ccc3B3c4c(cc(C(C)(C)C)cc41)-c1ccc4c(oc5cc6c(cc54)C(C)(C)CCC6(C)C)c1N3c1ccc3c(c1)C(C)(C)CCC3(C)C)C(C)(C)CCC2(C)C. The summed E-state index contributed by atoms with van der Waals surface area (Å²) < 4.78 is 7.58. The van der Waals surface area contributed by atoms with Gasteiger partial charge in [-0.2, -0.15) is 0 Å². The van der Waals surface area contributed by atoms with Crippen LogP contribution in [0.25, 0.3) is 44.2 Å². The number of rotatable bonds is 3. The van der Waals surface area contributed by atoms with E-state index >= 15 is 0 Å². The summed E-state index contributed by atoms with van der Waals surface area (Å²) in [4.78, 5) is 5.45. The zero-order valence-corrected chi connectivity index (χ0v) is 48.1. The minimum Gasteiger partial charge on any atom is -0.454 e. The van der Waals surface area contributed by atoms with Crippen molar-refractivity contribution in [2.45, 2.75) is 187 Å². The first-order valence-electron chi connectivity index (χ1n) is 28.5. The highest BCUT2D eigenvalue weighted by Gasteiger charge is 2.49. The minimum absolute atomic E-state index is 0.0202. The van der Waals surface area contributed by atoms with Crippen molar-refractivity contribution in [2.75, 3.05) is 9.71 Å². The van der Waals surface area contributed by atoms with Crippen LogP contribution >= 0.6 is 0 Å².